The lowest BCUT2D eigenvalue weighted by atomic mass is 10.0. The first-order valence-corrected chi connectivity index (χ1v) is 8.20. The largest absolute Gasteiger partial charge is 0.439 e. The van der Waals surface area contributed by atoms with E-state index in [1.165, 1.54) is 6.20 Å². The zero-order chi connectivity index (χ0) is 17.6. The van der Waals surface area contributed by atoms with Gasteiger partial charge in [0, 0.05) is 11.6 Å². The van der Waals surface area contributed by atoms with E-state index in [-0.39, 0.29) is 36.8 Å². The van der Waals surface area contributed by atoms with Crippen LogP contribution >= 0.6 is 24.8 Å². The summed E-state index contributed by atoms with van der Waals surface area (Å²) in [6, 6.07) is 9.78. The number of benzene rings is 1. The number of nitrogens with zero attached hydrogens (tertiary/aromatic N) is 1. The Kier molecular flexibility index (Phi) is 9.00. The number of aromatic nitrogens is 1. The van der Waals surface area contributed by atoms with Crippen molar-refractivity contribution in [2.24, 2.45) is 5.73 Å². The van der Waals surface area contributed by atoms with Crippen LogP contribution in [-0.2, 0) is 4.79 Å². The maximum Gasteiger partial charge on any atom is 0.248 e. The Morgan fingerprint density at radius 2 is 2.00 bits per heavy atom. The molecule has 0 bridgehead atoms. The Labute approximate surface area is 169 Å². The fourth-order valence-corrected chi connectivity index (χ4v) is 2.65. The third-order valence-electron chi connectivity index (χ3n) is 3.97. The summed E-state index contributed by atoms with van der Waals surface area (Å²) in [5, 5.41) is 6.05. The van der Waals surface area contributed by atoms with E-state index in [2.05, 4.69) is 15.6 Å². The topological polar surface area (TPSA) is 106 Å². The molecule has 1 aromatic carbocycles. The molecule has 0 unspecified atom stereocenters. The molecule has 1 aliphatic rings. The van der Waals surface area contributed by atoms with E-state index < -0.39 is 5.91 Å². The second kappa shape index (κ2) is 10.7. The number of piperidine rings is 1. The molecule has 0 aliphatic carbocycles. The molecule has 7 nitrogen and oxygen atoms in total. The first kappa shape index (κ1) is 22.7. The number of primary amides is 1. The summed E-state index contributed by atoms with van der Waals surface area (Å²) in [5.74, 6) is 0.250. The van der Waals surface area contributed by atoms with Crippen LogP contribution in [0.5, 0.6) is 11.6 Å². The molecule has 27 heavy (non-hydrogen) atoms. The molecule has 2 heterocycles. The van der Waals surface area contributed by atoms with Crippen LogP contribution in [0.2, 0.25) is 0 Å². The summed E-state index contributed by atoms with van der Waals surface area (Å²) >= 11 is 0. The number of rotatable bonds is 5. The van der Waals surface area contributed by atoms with E-state index in [0.29, 0.717) is 22.9 Å². The molecular weight excluding hydrogens is 391 g/mol. The molecule has 2 amide bonds. The predicted molar refractivity (Wildman–Crippen MR) is 108 cm³/mol. The van der Waals surface area contributed by atoms with Crippen LogP contribution in [-0.4, -0.2) is 29.4 Å². The number of ether oxygens (including phenoxy) is 1. The van der Waals surface area contributed by atoms with Gasteiger partial charge in [0.1, 0.15) is 5.75 Å². The van der Waals surface area contributed by atoms with Crippen molar-refractivity contribution in [3.8, 4) is 11.6 Å². The van der Waals surface area contributed by atoms with Crippen molar-refractivity contribution < 1.29 is 14.3 Å². The average molecular weight is 413 g/mol. The quantitative estimate of drug-likeness (QED) is 0.699. The number of hydrogen-bond donors (Lipinski definition) is 3. The normalized spacial score (nSPS) is 15.6. The number of hydrogen-bond acceptors (Lipinski definition) is 5. The van der Waals surface area contributed by atoms with E-state index in [9.17, 15) is 9.59 Å². The Balaban J connectivity index is 0.00000182. The molecule has 1 fully saturated rings. The Morgan fingerprint density at radius 1 is 1.19 bits per heavy atom. The van der Waals surface area contributed by atoms with Gasteiger partial charge in [0.15, 0.2) is 0 Å². The zero-order valence-corrected chi connectivity index (χ0v) is 16.1. The van der Waals surface area contributed by atoms with Gasteiger partial charge >= 0.3 is 0 Å². The van der Waals surface area contributed by atoms with Gasteiger partial charge in [-0.3, -0.25) is 9.59 Å². The number of anilines is 1. The first-order valence-electron chi connectivity index (χ1n) is 8.20. The molecule has 1 atom stereocenters. The standard InChI is InChI=1S/C18H20N4O3.2ClH/c19-17(23)12-4-3-5-14(10-12)25-16-8-7-13(11-21-16)22-18(24)15-6-1-2-9-20-15;;/h3-5,7-8,10-11,15,20H,1-2,6,9H2,(H2,19,23)(H,22,24);2*1H/t15-;;/m1../s1. The van der Waals surface area contributed by atoms with Crippen LogP contribution in [0.25, 0.3) is 0 Å². The highest BCUT2D eigenvalue weighted by atomic mass is 35.5. The molecule has 3 rings (SSSR count). The number of halogens is 2. The Morgan fingerprint density at radius 3 is 2.63 bits per heavy atom. The molecule has 1 aliphatic heterocycles. The van der Waals surface area contributed by atoms with Crippen molar-refractivity contribution in [3.05, 3.63) is 48.2 Å². The third-order valence-corrected chi connectivity index (χ3v) is 3.97. The fraction of sp³-hybridized carbons (Fsp3) is 0.278. The Hall–Kier alpha value is -2.35. The predicted octanol–water partition coefficient (Wildman–Crippen LogP) is 2.90. The van der Waals surface area contributed by atoms with E-state index in [1.54, 1.807) is 36.4 Å². The number of carbonyl (C=O) groups excluding carboxylic acids is 2. The monoisotopic (exact) mass is 412 g/mol. The van der Waals surface area contributed by atoms with Gasteiger partial charge < -0.3 is 21.1 Å². The molecule has 1 saturated heterocycles. The van der Waals surface area contributed by atoms with Crippen LogP contribution in [0.3, 0.4) is 0 Å². The van der Waals surface area contributed by atoms with E-state index in [0.717, 1.165) is 25.8 Å². The SMILES string of the molecule is Cl.Cl.NC(=O)c1cccc(Oc2ccc(NC(=O)[C@H]3CCCCN3)cn2)c1. The summed E-state index contributed by atoms with van der Waals surface area (Å²) in [7, 11) is 0. The summed E-state index contributed by atoms with van der Waals surface area (Å²) in [6.07, 6.45) is 4.54. The highest BCUT2D eigenvalue weighted by Crippen LogP contribution is 2.21. The van der Waals surface area contributed by atoms with Gasteiger partial charge in [-0.15, -0.1) is 24.8 Å². The number of nitrogens with two attached hydrogens (primary N) is 1. The second-order valence-electron chi connectivity index (χ2n) is 5.87. The van der Waals surface area contributed by atoms with Crippen molar-refractivity contribution in [1.82, 2.24) is 10.3 Å². The second-order valence-corrected chi connectivity index (χ2v) is 5.87. The lowest BCUT2D eigenvalue weighted by Gasteiger charge is -2.22. The highest BCUT2D eigenvalue weighted by Gasteiger charge is 2.20. The van der Waals surface area contributed by atoms with Crippen molar-refractivity contribution >= 4 is 42.3 Å². The van der Waals surface area contributed by atoms with Crippen LogP contribution in [0.4, 0.5) is 5.69 Å². The van der Waals surface area contributed by atoms with Gasteiger partial charge in [0.05, 0.1) is 17.9 Å². The Bertz CT molecular complexity index is 765. The molecular formula is C18H22Cl2N4O3. The van der Waals surface area contributed by atoms with E-state index in [1.807, 2.05) is 0 Å². The van der Waals surface area contributed by atoms with Gasteiger partial charge in [0.2, 0.25) is 17.7 Å². The molecule has 1 aromatic heterocycles. The van der Waals surface area contributed by atoms with E-state index in [4.69, 9.17) is 10.5 Å². The first-order chi connectivity index (χ1) is 12.1. The smallest absolute Gasteiger partial charge is 0.248 e. The maximum atomic E-state index is 12.2. The average Bonchev–Trinajstić information content (AvgIpc) is 2.64. The molecule has 0 saturated carbocycles. The van der Waals surface area contributed by atoms with Crippen molar-refractivity contribution in [2.75, 3.05) is 11.9 Å². The van der Waals surface area contributed by atoms with Crippen LogP contribution < -0.4 is 21.1 Å². The highest BCUT2D eigenvalue weighted by molar-refractivity contribution is 5.94. The van der Waals surface area contributed by atoms with Gasteiger partial charge in [-0.25, -0.2) is 4.98 Å². The molecule has 0 radical (unpaired) electrons. The van der Waals surface area contributed by atoms with E-state index >= 15 is 0 Å². The van der Waals surface area contributed by atoms with Crippen LogP contribution in [0, 0.1) is 0 Å². The fourth-order valence-electron chi connectivity index (χ4n) is 2.65. The minimum atomic E-state index is -0.521. The van der Waals surface area contributed by atoms with Crippen LogP contribution in [0.1, 0.15) is 29.6 Å². The number of nitrogens with one attached hydrogen (secondary N) is 2. The van der Waals surface area contributed by atoms with Crippen molar-refractivity contribution in [2.45, 2.75) is 25.3 Å². The maximum absolute atomic E-state index is 12.2. The van der Waals surface area contributed by atoms with Crippen molar-refractivity contribution in [3.63, 3.8) is 0 Å². The summed E-state index contributed by atoms with van der Waals surface area (Å²) in [5.41, 5.74) is 6.22. The number of carbonyl (C=O) groups is 2. The molecule has 0 spiro atoms. The zero-order valence-electron chi connectivity index (χ0n) is 14.5. The molecule has 146 valence electrons. The minimum Gasteiger partial charge on any atom is -0.439 e. The van der Waals surface area contributed by atoms with Crippen LogP contribution in [0.15, 0.2) is 42.6 Å². The minimum absolute atomic E-state index is 0. The number of amides is 2. The lowest BCUT2D eigenvalue weighted by Crippen LogP contribution is -2.43. The van der Waals surface area contributed by atoms with Gasteiger partial charge in [-0.2, -0.15) is 0 Å². The number of pyridine rings is 1. The van der Waals surface area contributed by atoms with Gasteiger partial charge in [-0.05, 0) is 43.7 Å². The van der Waals surface area contributed by atoms with Gasteiger partial charge in [-0.1, -0.05) is 12.5 Å². The van der Waals surface area contributed by atoms with Gasteiger partial charge in [0.25, 0.3) is 0 Å². The molecule has 9 heteroatoms. The van der Waals surface area contributed by atoms with Crippen molar-refractivity contribution in [1.29, 1.82) is 0 Å². The molecule has 4 N–H and O–H groups in total. The summed E-state index contributed by atoms with van der Waals surface area (Å²) in [4.78, 5) is 27.5. The summed E-state index contributed by atoms with van der Waals surface area (Å²) in [6.45, 7) is 0.869. The lowest BCUT2D eigenvalue weighted by molar-refractivity contribution is -0.118. The summed E-state index contributed by atoms with van der Waals surface area (Å²) < 4.78 is 5.60. The third kappa shape index (κ3) is 6.39. The molecule has 2 aromatic rings.